The summed E-state index contributed by atoms with van der Waals surface area (Å²) >= 11 is 0. The Kier molecular flexibility index (Phi) is 7.14. The minimum absolute atomic E-state index is 0.00705. The van der Waals surface area contributed by atoms with Crippen molar-refractivity contribution in [3.63, 3.8) is 0 Å². The number of nitrogens with zero attached hydrogens (tertiary/aromatic N) is 1. The van der Waals surface area contributed by atoms with Gasteiger partial charge in [0.15, 0.2) is 0 Å². The SMILES string of the molecule is COCCNC(=O)c1ccc(NC(=O)C[C@H]2CC[C@H]3[C@@H]4CC[C@H]5NC(=O)C=C[C@]5(C)[C@H]4CC[C@]23C)nc1. The van der Waals surface area contributed by atoms with Crippen LogP contribution >= 0.6 is 0 Å². The molecule has 0 saturated heterocycles. The molecule has 0 bridgehead atoms. The third-order valence-electron chi connectivity index (χ3n) is 10.2. The second kappa shape index (κ2) is 10.2. The lowest BCUT2D eigenvalue weighted by atomic mass is 9.48. The molecule has 3 aliphatic carbocycles. The lowest BCUT2D eigenvalue weighted by Crippen LogP contribution is -2.59. The Morgan fingerprint density at radius 2 is 1.97 bits per heavy atom. The summed E-state index contributed by atoms with van der Waals surface area (Å²) in [7, 11) is 1.59. The highest BCUT2D eigenvalue weighted by atomic mass is 16.5. The number of methoxy groups -OCH3 is 1. The fourth-order valence-corrected chi connectivity index (χ4v) is 8.17. The molecule has 1 aliphatic heterocycles. The number of aromatic nitrogens is 1. The molecule has 3 amide bonds. The Morgan fingerprint density at radius 3 is 2.73 bits per heavy atom. The highest BCUT2D eigenvalue weighted by Gasteiger charge is 2.59. The van der Waals surface area contributed by atoms with Gasteiger partial charge in [-0.3, -0.25) is 14.4 Å². The molecule has 200 valence electrons. The Bertz CT molecular complexity index is 1070. The van der Waals surface area contributed by atoms with Crippen LogP contribution in [0.25, 0.3) is 0 Å². The highest BCUT2D eigenvalue weighted by Crippen LogP contribution is 2.65. The normalized spacial score (nSPS) is 36.1. The second-order valence-corrected chi connectivity index (χ2v) is 12.0. The number of hydrogen-bond acceptors (Lipinski definition) is 5. The van der Waals surface area contributed by atoms with Gasteiger partial charge < -0.3 is 20.7 Å². The number of pyridine rings is 1. The predicted molar refractivity (Wildman–Crippen MR) is 141 cm³/mol. The molecule has 3 saturated carbocycles. The molecule has 0 aromatic carbocycles. The average molecular weight is 509 g/mol. The fraction of sp³-hybridized carbons (Fsp3) is 0.655. The standard InChI is InChI=1S/C29H40N4O4/c1-28-12-10-22-20(6-8-23-29(22,2)13-11-25(34)32-23)21(28)7-5-19(28)16-26(35)33-24-9-4-18(17-31-24)27(36)30-14-15-37-3/h4,9,11,13,17,19-23H,5-8,10,12,14-16H2,1-3H3,(H,30,36)(H,32,34)(H,31,33,35)/t19-,20+,21+,22+,23-,28-,29-/m1/s1. The first-order chi connectivity index (χ1) is 17.7. The van der Waals surface area contributed by atoms with Gasteiger partial charge in [0.1, 0.15) is 5.82 Å². The number of carbonyl (C=O) groups excluding carboxylic acids is 3. The first-order valence-electron chi connectivity index (χ1n) is 13.8. The van der Waals surface area contributed by atoms with Gasteiger partial charge in [0, 0.05) is 37.7 Å². The summed E-state index contributed by atoms with van der Waals surface area (Å²) < 4.78 is 4.95. The number of rotatable bonds is 7. The first kappa shape index (κ1) is 25.9. The van der Waals surface area contributed by atoms with Crippen LogP contribution in [-0.2, 0) is 14.3 Å². The van der Waals surface area contributed by atoms with E-state index in [9.17, 15) is 14.4 Å². The number of carbonyl (C=O) groups is 3. The summed E-state index contributed by atoms with van der Waals surface area (Å²) in [5, 5.41) is 8.95. The number of ether oxygens (including phenoxy) is 1. The fourth-order valence-electron chi connectivity index (χ4n) is 8.17. The van der Waals surface area contributed by atoms with Crippen LogP contribution in [0.15, 0.2) is 30.5 Å². The van der Waals surface area contributed by atoms with Crippen LogP contribution in [0.5, 0.6) is 0 Å². The van der Waals surface area contributed by atoms with E-state index < -0.39 is 0 Å². The van der Waals surface area contributed by atoms with E-state index in [-0.39, 0.29) is 34.6 Å². The summed E-state index contributed by atoms with van der Waals surface area (Å²) in [6, 6.07) is 3.61. The van der Waals surface area contributed by atoms with E-state index in [4.69, 9.17) is 4.74 Å². The minimum Gasteiger partial charge on any atom is -0.383 e. The summed E-state index contributed by atoms with van der Waals surface area (Å²) in [6.45, 7) is 5.64. The molecule has 0 radical (unpaired) electrons. The first-order valence-corrected chi connectivity index (χ1v) is 13.8. The van der Waals surface area contributed by atoms with Crippen LogP contribution < -0.4 is 16.0 Å². The zero-order valence-corrected chi connectivity index (χ0v) is 22.2. The third kappa shape index (κ3) is 4.80. The molecule has 8 heteroatoms. The van der Waals surface area contributed by atoms with Gasteiger partial charge >= 0.3 is 0 Å². The van der Waals surface area contributed by atoms with Gasteiger partial charge in [0.05, 0.1) is 12.2 Å². The van der Waals surface area contributed by atoms with Gasteiger partial charge in [0.25, 0.3) is 5.91 Å². The van der Waals surface area contributed by atoms with Crippen molar-refractivity contribution in [1.82, 2.24) is 15.6 Å². The molecule has 2 heterocycles. The molecule has 4 aliphatic rings. The quantitative estimate of drug-likeness (QED) is 0.487. The number of hydrogen-bond donors (Lipinski definition) is 3. The molecule has 1 aromatic rings. The Hall–Kier alpha value is -2.74. The molecule has 0 spiro atoms. The molecule has 3 N–H and O–H groups in total. The van der Waals surface area contributed by atoms with Crippen LogP contribution in [-0.4, -0.2) is 49.0 Å². The van der Waals surface area contributed by atoms with E-state index in [2.05, 4.69) is 40.9 Å². The monoisotopic (exact) mass is 508 g/mol. The maximum absolute atomic E-state index is 13.0. The van der Waals surface area contributed by atoms with Crippen LogP contribution in [0.4, 0.5) is 5.82 Å². The van der Waals surface area contributed by atoms with E-state index in [1.54, 1.807) is 25.3 Å². The zero-order chi connectivity index (χ0) is 26.2. The van der Waals surface area contributed by atoms with Gasteiger partial charge in [0.2, 0.25) is 11.8 Å². The Balaban J connectivity index is 1.20. The van der Waals surface area contributed by atoms with Crippen LogP contribution in [0.3, 0.4) is 0 Å². The van der Waals surface area contributed by atoms with Crippen LogP contribution in [0.2, 0.25) is 0 Å². The number of fused-ring (bicyclic) bond motifs is 5. The van der Waals surface area contributed by atoms with Crippen LogP contribution in [0, 0.1) is 34.5 Å². The minimum atomic E-state index is -0.211. The van der Waals surface area contributed by atoms with Crippen molar-refractivity contribution in [3.05, 3.63) is 36.0 Å². The summed E-state index contributed by atoms with van der Waals surface area (Å²) in [5.41, 5.74) is 0.653. The highest BCUT2D eigenvalue weighted by molar-refractivity contribution is 5.95. The Morgan fingerprint density at radius 1 is 1.14 bits per heavy atom. The smallest absolute Gasteiger partial charge is 0.252 e. The van der Waals surface area contributed by atoms with E-state index in [1.807, 2.05) is 0 Å². The molecule has 8 nitrogen and oxygen atoms in total. The third-order valence-corrected chi connectivity index (χ3v) is 10.2. The number of amides is 3. The molecule has 37 heavy (non-hydrogen) atoms. The Labute approximate surface area is 219 Å². The van der Waals surface area contributed by atoms with Crippen molar-refractivity contribution < 1.29 is 19.1 Å². The van der Waals surface area contributed by atoms with Gasteiger partial charge in [-0.25, -0.2) is 4.98 Å². The summed E-state index contributed by atoms with van der Waals surface area (Å²) in [5.74, 6) is 2.52. The summed E-state index contributed by atoms with van der Waals surface area (Å²) in [4.78, 5) is 41.4. The molecule has 5 rings (SSSR count). The van der Waals surface area contributed by atoms with Gasteiger partial charge in [-0.2, -0.15) is 0 Å². The van der Waals surface area contributed by atoms with Gasteiger partial charge in [-0.05, 0) is 85.8 Å². The van der Waals surface area contributed by atoms with E-state index in [1.165, 1.54) is 12.6 Å². The van der Waals surface area contributed by atoms with E-state index >= 15 is 0 Å². The molecular formula is C29H40N4O4. The maximum atomic E-state index is 13.0. The lowest BCUT2D eigenvalue weighted by molar-refractivity contribution is -0.123. The average Bonchev–Trinajstić information content (AvgIpc) is 3.21. The summed E-state index contributed by atoms with van der Waals surface area (Å²) in [6.07, 6.45) is 12.7. The zero-order valence-electron chi connectivity index (χ0n) is 22.2. The van der Waals surface area contributed by atoms with Crippen molar-refractivity contribution in [1.29, 1.82) is 0 Å². The van der Waals surface area contributed by atoms with E-state index in [0.29, 0.717) is 54.6 Å². The molecule has 7 atom stereocenters. The van der Waals surface area contributed by atoms with Gasteiger partial charge in [-0.1, -0.05) is 19.9 Å². The van der Waals surface area contributed by atoms with Crippen molar-refractivity contribution in [2.75, 3.05) is 25.6 Å². The predicted octanol–water partition coefficient (Wildman–Crippen LogP) is 3.70. The van der Waals surface area contributed by atoms with Crippen molar-refractivity contribution in [2.45, 2.75) is 64.8 Å². The van der Waals surface area contributed by atoms with Crippen LogP contribution in [0.1, 0.15) is 69.2 Å². The molecule has 0 unspecified atom stereocenters. The molecular weight excluding hydrogens is 468 g/mol. The van der Waals surface area contributed by atoms with E-state index in [0.717, 1.165) is 32.1 Å². The number of anilines is 1. The second-order valence-electron chi connectivity index (χ2n) is 12.0. The maximum Gasteiger partial charge on any atom is 0.252 e. The number of nitrogens with one attached hydrogen (secondary N) is 3. The van der Waals surface area contributed by atoms with Crippen molar-refractivity contribution in [2.24, 2.45) is 34.5 Å². The molecule has 3 fully saturated rings. The van der Waals surface area contributed by atoms with Gasteiger partial charge in [-0.15, -0.1) is 0 Å². The van der Waals surface area contributed by atoms with Crippen molar-refractivity contribution >= 4 is 23.5 Å². The lowest BCUT2D eigenvalue weighted by Gasteiger charge is -2.59. The van der Waals surface area contributed by atoms with Crippen molar-refractivity contribution in [3.8, 4) is 0 Å². The molecule has 1 aromatic heterocycles. The topological polar surface area (TPSA) is 109 Å². The largest absolute Gasteiger partial charge is 0.383 e.